The Labute approximate surface area is 312 Å². The molecule has 1 heterocycles. The summed E-state index contributed by atoms with van der Waals surface area (Å²) in [4.78, 5) is 42.5. The molecular formula is C37H43N5O10S. The molecule has 0 spiro atoms. The minimum atomic E-state index is -0.831. The van der Waals surface area contributed by atoms with Crippen LogP contribution in [-0.2, 0) is 28.4 Å². The molecule has 0 atom stereocenters. The highest BCUT2D eigenvalue weighted by Crippen LogP contribution is 2.42. The molecule has 1 N–H and O–H groups in total. The fourth-order valence-electron chi connectivity index (χ4n) is 4.79. The number of aryl methyl sites for hydroxylation is 1. The van der Waals surface area contributed by atoms with Gasteiger partial charge in [-0.05, 0) is 62.2 Å². The van der Waals surface area contributed by atoms with Crippen molar-refractivity contribution in [2.75, 3.05) is 91.2 Å². The zero-order chi connectivity index (χ0) is 38.6. The van der Waals surface area contributed by atoms with Crippen molar-refractivity contribution in [3.8, 4) is 6.07 Å². The first-order chi connectivity index (χ1) is 25.7. The van der Waals surface area contributed by atoms with Gasteiger partial charge in [-0.2, -0.15) is 15.5 Å². The van der Waals surface area contributed by atoms with Gasteiger partial charge in [-0.25, -0.2) is 14.4 Å². The van der Waals surface area contributed by atoms with Crippen LogP contribution in [0, 0.1) is 31.8 Å². The number of aliphatic hydroxyl groups excluding tert-OH is 1. The van der Waals surface area contributed by atoms with Crippen LogP contribution in [0.4, 0.5) is 22.1 Å². The molecule has 3 aromatic rings. The Kier molecular flexibility index (Phi) is 18.2. The maximum absolute atomic E-state index is 12.5. The molecule has 2 aromatic carbocycles. The lowest BCUT2D eigenvalue weighted by Crippen LogP contribution is -2.27. The SMILES string of the molecule is [C-]#[N+]c1c(N=Nc2ccc(N(CC)CCOCCOCCOCCOCCOC(=O)c3cc(C(=O)CO)ccc3C(=O)OC)cc2C)sc(C#N)c1C. The number of carbonyl (C=O) groups excluding carboxylic acids is 3. The molecule has 0 unspecified atom stereocenters. The molecule has 1 aromatic heterocycles. The summed E-state index contributed by atoms with van der Waals surface area (Å²) in [5, 5.41) is 27.4. The van der Waals surface area contributed by atoms with E-state index in [1.165, 1.54) is 36.6 Å². The number of esters is 2. The number of likely N-dealkylation sites (N-methyl/N-ethyl adjacent to an activating group) is 1. The Balaban J connectivity index is 1.25. The highest BCUT2D eigenvalue weighted by molar-refractivity contribution is 7.17. The van der Waals surface area contributed by atoms with Crippen LogP contribution in [0.2, 0.25) is 0 Å². The number of aliphatic hydroxyl groups is 1. The molecule has 16 heteroatoms. The van der Waals surface area contributed by atoms with E-state index in [1.54, 1.807) is 6.92 Å². The van der Waals surface area contributed by atoms with Gasteiger partial charge in [-0.15, -0.1) is 11.3 Å². The summed E-state index contributed by atoms with van der Waals surface area (Å²) >= 11 is 1.17. The largest absolute Gasteiger partial charge is 0.465 e. The van der Waals surface area contributed by atoms with E-state index < -0.39 is 24.3 Å². The van der Waals surface area contributed by atoms with Crippen molar-refractivity contribution < 1.29 is 47.9 Å². The number of hydrogen-bond donors (Lipinski definition) is 1. The molecule has 0 amide bonds. The van der Waals surface area contributed by atoms with Gasteiger partial charge in [0.15, 0.2) is 5.78 Å². The number of thiophene rings is 1. The third kappa shape index (κ3) is 12.8. The maximum Gasteiger partial charge on any atom is 0.339 e. The third-order valence-electron chi connectivity index (χ3n) is 7.68. The van der Waals surface area contributed by atoms with Gasteiger partial charge >= 0.3 is 11.9 Å². The van der Waals surface area contributed by atoms with Crippen LogP contribution in [0.15, 0.2) is 46.6 Å². The molecule has 15 nitrogen and oxygen atoms in total. The first-order valence-corrected chi connectivity index (χ1v) is 17.5. The Bertz CT molecular complexity index is 1810. The number of ether oxygens (including phenoxy) is 6. The quantitative estimate of drug-likeness (QED) is 0.0398. The molecule has 0 radical (unpaired) electrons. The second-order valence-electron chi connectivity index (χ2n) is 11.1. The van der Waals surface area contributed by atoms with E-state index >= 15 is 0 Å². The first kappa shape index (κ1) is 42.3. The highest BCUT2D eigenvalue weighted by atomic mass is 32.1. The second kappa shape index (κ2) is 22.8. The summed E-state index contributed by atoms with van der Waals surface area (Å²) < 4.78 is 32.1. The minimum absolute atomic E-state index is 0.0610. The summed E-state index contributed by atoms with van der Waals surface area (Å²) in [5.74, 6) is -2.20. The van der Waals surface area contributed by atoms with Crippen molar-refractivity contribution in [3.05, 3.63) is 80.5 Å². The number of nitriles is 1. The molecule has 0 aliphatic carbocycles. The Hall–Kier alpha value is -5.07. The zero-order valence-corrected chi connectivity index (χ0v) is 31.0. The van der Waals surface area contributed by atoms with Gasteiger partial charge in [0.2, 0.25) is 5.69 Å². The van der Waals surface area contributed by atoms with Crippen molar-refractivity contribution in [1.82, 2.24) is 0 Å². The molecule has 53 heavy (non-hydrogen) atoms. The van der Waals surface area contributed by atoms with Crippen molar-refractivity contribution >= 4 is 51.1 Å². The number of nitrogens with zero attached hydrogens (tertiary/aromatic N) is 5. The molecule has 0 saturated carbocycles. The molecule has 0 fully saturated rings. The number of carbonyl (C=O) groups is 3. The summed E-state index contributed by atoms with van der Waals surface area (Å²) in [6.07, 6.45) is 0. The molecule has 0 aliphatic rings. The van der Waals surface area contributed by atoms with E-state index in [-0.39, 0.29) is 36.5 Å². The first-order valence-electron chi connectivity index (χ1n) is 16.7. The lowest BCUT2D eigenvalue weighted by molar-refractivity contribution is -0.00849. The summed E-state index contributed by atoms with van der Waals surface area (Å²) in [7, 11) is 1.17. The van der Waals surface area contributed by atoms with E-state index in [0.29, 0.717) is 73.0 Å². The van der Waals surface area contributed by atoms with Gasteiger partial charge in [-0.3, -0.25) is 4.79 Å². The standard InChI is InChI=1S/C37H43N5O10S/c1-6-42(28-8-10-31(25(2)21-28)40-41-35-34(39-4)26(3)33(23-38)53-35)11-12-48-13-14-49-15-16-50-17-18-51-19-20-52-37(46)30-22-27(32(44)24-43)7-9-29(30)36(45)47-5/h7-10,21-22,43H,6,11-20,24H2,1-3,5H3. The van der Waals surface area contributed by atoms with Crippen LogP contribution in [0.25, 0.3) is 4.85 Å². The number of anilines is 1. The number of benzene rings is 2. The van der Waals surface area contributed by atoms with Crippen LogP contribution < -0.4 is 4.90 Å². The molecule has 0 bridgehead atoms. The van der Waals surface area contributed by atoms with Crippen LogP contribution in [-0.4, -0.2) is 109 Å². The van der Waals surface area contributed by atoms with Crippen molar-refractivity contribution in [2.45, 2.75) is 20.8 Å². The average molecular weight is 750 g/mol. The summed E-state index contributed by atoms with van der Waals surface area (Å²) in [5.41, 5.74) is 3.49. The third-order valence-corrected chi connectivity index (χ3v) is 8.75. The Morgan fingerprint density at radius 2 is 1.53 bits per heavy atom. The predicted molar refractivity (Wildman–Crippen MR) is 196 cm³/mol. The molecule has 0 saturated heterocycles. The van der Waals surface area contributed by atoms with Crippen molar-refractivity contribution in [2.24, 2.45) is 10.2 Å². The van der Waals surface area contributed by atoms with E-state index in [1.807, 2.05) is 25.1 Å². The second-order valence-corrected chi connectivity index (χ2v) is 12.1. The van der Waals surface area contributed by atoms with E-state index in [2.05, 4.69) is 37.7 Å². The fourth-order valence-corrected chi connectivity index (χ4v) is 5.65. The van der Waals surface area contributed by atoms with Crippen LogP contribution in [0.1, 0.15) is 54.0 Å². The van der Waals surface area contributed by atoms with E-state index in [4.69, 9.17) is 35.4 Å². The zero-order valence-electron chi connectivity index (χ0n) is 30.2. The van der Waals surface area contributed by atoms with Crippen LogP contribution in [0.3, 0.4) is 0 Å². The number of rotatable bonds is 23. The van der Waals surface area contributed by atoms with Gasteiger partial charge in [0, 0.05) is 24.3 Å². The van der Waals surface area contributed by atoms with Crippen molar-refractivity contribution in [1.29, 1.82) is 5.26 Å². The number of azo groups is 1. The summed E-state index contributed by atoms with van der Waals surface area (Å²) in [6.45, 7) is 16.6. The summed E-state index contributed by atoms with van der Waals surface area (Å²) in [6, 6.07) is 11.8. The topological polar surface area (TPSA) is 183 Å². The molecular weight excluding hydrogens is 706 g/mol. The highest BCUT2D eigenvalue weighted by Gasteiger charge is 2.21. The van der Waals surface area contributed by atoms with Gasteiger partial charge in [0.25, 0.3) is 0 Å². The number of hydrogen-bond acceptors (Lipinski definition) is 15. The van der Waals surface area contributed by atoms with Gasteiger partial charge in [-0.1, -0.05) is 6.07 Å². The number of Topliss-reactive ketones (excluding diaryl/α,β-unsaturated/α-hetero) is 1. The molecule has 0 aliphatic heterocycles. The molecule has 3 rings (SSSR count). The van der Waals surface area contributed by atoms with Crippen LogP contribution >= 0.6 is 11.3 Å². The fraction of sp³-hybridized carbons (Fsp3) is 0.432. The Morgan fingerprint density at radius 1 is 0.887 bits per heavy atom. The molecule has 282 valence electrons. The Morgan fingerprint density at radius 3 is 2.09 bits per heavy atom. The van der Waals surface area contributed by atoms with E-state index in [0.717, 1.165) is 17.8 Å². The minimum Gasteiger partial charge on any atom is -0.465 e. The number of ketones is 1. The lowest BCUT2D eigenvalue weighted by Gasteiger charge is -2.23. The predicted octanol–water partition coefficient (Wildman–Crippen LogP) is 5.91. The monoisotopic (exact) mass is 749 g/mol. The van der Waals surface area contributed by atoms with Gasteiger partial charge in [0.05, 0.1) is 88.2 Å². The number of methoxy groups -OCH3 is 1. The lowest BCUT2D eigenvalue weighted by atomic mass is 10.0. The van der Waals surface area contributed by atoms with Crippen molar-refractivity contribution in [3.63, 3.8) is 0 Å². The average Bonchev–Trinajstić information content (AvgIpc) is 3.49. The van der Waals surface area contributed by atoms with Gasteiger partial charge in [0.1, 0.15) is 24.3 Å². The van der Waals surface area contributed by atoms with Crippen LogP contribution in [0.5, 0.6) is 0 Å². The normalized spacial score (nSPS) is 10.9. The van der Waals surface area contributed by atoms with E-state index in [9.17, 15) is 19.6 Å². The maximum atomic E-state index is 12.5. The van der Waals surface area contributed by atoms with Gasteiger partial charge < -0.3 is 38.4 Å². The smallest absolute Gasteiger partial charge is 0.339 e.